The van der Waals surface area contributed by atoms with Crippen molar-refractivity contribution in [2.24, 2.45) is 5.92 Å². The molecule has 0 unspecified atom stereocenters. The molecule has 0 bridgehead atoms. The van der Waals surface area contributed by atoms with Crippen LogP contribution in [0, 0.1) is 5.92 Å². The van der Waals surface area contributed by atoms with Gasteiger partial charge in [0.25, 0.3) is 0 Å². The molecule has 128 valence electrons. The molecule has 0 aromatic heterocycles. The lowest BCUT2D eigenvalue weighted by Crippen LogP contribution is -2.39. The monoisotopic (exact) mass is 337 g/mol. The summed E-state index contributed by atoms with van der Waals surface area (Å²) in [6.45, 7) is 8.94. The van der Waals surface area contributed by atoms with Gasteiger partial charge < -0.3 is 4.74 Å². The van der Waals surface area contributed by atoms with Gasteiger partial charge in [0.2, 0.25) is 10.0 Å². The molecule has 5 heteroatoms. The SMILES string of the molecule is CC(C)(C)c1ccc2c(c1)CN(S(=O)(=O)C[C@H]1CCOC1)CC2. The van der Waals surface area contributed by atoms with Gasteiger partial charge in [0.05, 0.1) is 12.4 Å². The number of hydrogen-bond acceptors (Lipinski definition) is 3. The largest absolute Gasteiger partial charge is 0.381 e. The highest BCUT2D eigenvalue weighted by Gasteiger charge is 2.31. The molecule has 0 N–H and O–H groups in total. The van der Waals surface area contributed by atoms with Gasteiger partial charge in [0, 0.05) is 19.7 Å². The van der Waals surface area contributed by atoms with Gasteiger partial charge in [-0.25, -0.2) is 8.42 Å². The predicted molar refractivity (Wildman–Crippen MR) is 92.0 cm³/mol. The van der Waals surface area contributed by atoms with Gasteiger partial charge in [-0.05, 0) is 40.9 Å². The number of benzene rings is 1. The van der Waals surface area contributed by atoms with Gasteiger partial charge in [-0.1, -0.05) is 39.0 Å². The second kappa shape index (κ2) is 6.19. The number of ether oxygens (including phenoxy) is 1. The highest BCUT2D eigenvalue weighted by atomic mass is 32.2. The van der Waals surface area contributed by atoms with E-state index in [0.717, 1.165) is 18.4 Å². The summed E-state index contributed by atoms with van der Waals surface area (Å²) < 4.78 is 32.4. The summed E-state index contributed by atoms with van der Waals surface area (Å²) in [7, 11) is -3.20. The molecule has 0 aliphatic carbocycles. The van der Waals surface area contributed by atoms with Crippen molar-refractivity contribution in [1.82, 2.24) is 4.31 Å². The van der Waals surface area contributed by atoms with Gasteiger partial charge in [-0.15, -0.1) is 0 Å². The van der Waals surface area contributed by atoms with Crippen LogP contribution in [0.2, 0.25) is 0 Å². The van der Waals surface area contributed by atoms with Crippen molar-refractivity contribution < 1.29 is 13.2 Å². The molecule has 2 aliphatic heterocycles. The normalized spacial score (nSPS) is 23.0. The molecule has 3 rings (SSSR count). The molecule has 0 saturated carbocycles. The zero-order valence-corrected chi connectivity index (χ0v) is 15.2. The molecule has 0 radical (unpaired) electrons. The van der Waals surface area contributed by atoms with E-state index < -0.39 is 10.0 Å². The lowest BCUT2D eigenvalue weighted by atomic mass is 9.84. The third kappa shape index (κ3) is 3.78. The first-order valence-electron chi connectivity index (χ1n) is 8.43. The van der Waals surface area contributed by atoms with E-state index in [1.165, 1.54) is 11.1 Å². The van der Waals surface area contributed by atoms with Crippen LogP contribution in [-0.2, 0) is 33.1 Å². The lowest BCUT2D eigenvalue weighted by Gasteiger charge is -2.30. The lowest BCUT2D eigenvalue weighted by molar-refractivity contribution is 0.188. The van der Waals surface area contributed by atoms with Crippen LogP contribution in [-0.4, -0.2) is 38.2 Å². The Morgan fingerprint density at radius 2 is 2.04 bits per heavy atom. The van der Waals surface area contributed by atoms with Crippen molar-refractivity contribution in [2.75, 3.05) is 25.5 Å². The van der Waals surface area contributed by atoms with E-state index in [9.17, 15) is 8.42 Å². The smallest absolute Gasteiger partial charge is 0.214 e. The Hall–Kier alpha value is -0.910. The van der Waals surface area contributed by atoms with Crippen LogP contribution in [0.25, 0.3) is 0 Å². The minimum Gasteiger partial charge on any atom is -0.381 e. The maximum absolute atomic E-state index is 12.7. The first kappa shape index (κ1) is 16.9. The molecular weight excluding hydrogens is 310 g/mol. The Morgan fingerprint density at radius 1 is 1.26 bits per heavy atom. The number of hydrogen-bond donors (Lipinski definition) is 0. The Kier molecular flexibility index (Phi) is 4.55. The van der Waals surface area contributed by atoms with E-state index in [2.05, 4.69) is 39.0 Å². The molecule has 1 fully saturated rings. The van der Waals surface area contributed by atoms with Gasteiger partial charge >= 0.3 is 0 Å². The van der Waals surface area contributed by atoms with Gasteiger partial charge in [-0.2, -0.15) is 4.31 Å². The van der Waals surface area contributed by atoms with Gasteiger partial charge in [0.1, 0.15) is 0 Å². The zero-order valence-electron chi connectivity index (χ0n) is 14.3. The van der Waals surface area contributed by atoms with E-state index in [-0.39, 0.29) is 17.1 Å². The quantitative estimate of drug-likeness (QED) is 0.852. The fourth-order valence-corrected chi connectivity index (χ4v) is 5.13. The first-order chi connectivity index (χ1) is 10.8. The van der Waals surface area contributed by atoms with E-state index in [1.54, 1.807) is 4.31 Å². The summed E-state index contributed by atoms with van der Waals surface area (Å²) in [5.74, 6) is 0.378. The number of sulfonamides is 1. The summed E-state index contributed by atoms with van der Waals surface area (Å²) in [6, 6.07) is 6.54. The van der Waals surface area contributed by atoms with E-state index in [0.29, 0.717) is 26.3 Å². The molecule has 2 aliphatic rings. The molecule has 0 spiro atoms. The molecule has 1 aromatic carbocycles. The predicted octanol–water partition coefficient (Wildman–Crippen LogP) is 2.71. The maximum atomic E-state index is 12.7. The van der Waals surface area contributed by atoms with Crippen LogP contribution >= 0.6 is 0 Å². The number of fused-ring (bicyclic) bond motifs is 1. The number of nitrogens with zero attached hydrogens (tertiary/aromatic N) is 1. The molecule has 1 saturated heterocycles. The zero-order chi connectivity index (χ0) is 16.7. The molecular formula is C18H27NO3S. The van der Waals surface area contributed by atoms with Crippen molar-refractivity contribution in [3.63, 3.8) is 0 Å². The van der Waals surface area contributed by atoms with Crippen LogP contribution in [0.5, 0.6) is 0 Å². The standard InChI is InChI=1S/C18H27NO3S/c1-18(2,3)17-5-4-15-6-8-19(11-16(15)10-17)23(20,21)13-14-7-9-22-12-14/h4-5,10,14H,6-9,11-13H2,1-3H3/t14-/m0/s1. The summed E-state index contributed by atoms with van der Waals surface area (Å²) in [5, 5.41) is 0. The maximum Gasteiger partial charge on any atom is 0.214 e. The highest BCUT2D eigenvalue weighted by molar-refractivity contribution is 7.89. The van der Waals surface area contributed by atoms with Crippen LogP contribution in [0.3, 0.4) is 0 Å². The fourth-order valence-electron chi connectivity index (χ4n) is 3.35. The second-order valence-corrected chi connectivity index (χ2v) is 9.84. The first-order valence-corrected chi connectivity index (χ1v) is 10.0. The minimum absolute atomic E-state index is 0.0807. The average molecular weight is 337 g/mol. The third-order valence-electron chi connectivity index (χ3n) is 4.91. The summed E-state index contributed by atoms with van der Waals surface area (Å²) in [4.78, 5) is 0. The van der Waals surface area contributed by atoms with E-state index >= 15 is 0 Å². The Balaban J connectivity index is 1.78. The van der Waals surface area contributed by atoms with Crippen molar-refractivity contribution in [3.8, 4) is 0 Å². The molecule has 2 heterocycles. The number of rotatable bonds is 3. The van der Waals surface area contributed by atoms with E-state index in [4.69, 9.17) is 4.74 Å². The van der Waals surface area contributed by atoms with Crippen molar-refractivity contribution in [3.05, 3.63) is 34.9 Å². The van der Waals surface area contributed by atoms with Crippen LogP contribution in [0.1, 0.15) is 43.9 Å². The van der Waals surface area contributed by atoms with Gasteiger partial charge in [0.15, 0.2) is 0 Å². The third-order valence-corrected chi connectivity index (χ3v) is 6.90. The highest BCUT2D eigenvalue weighted by Crippen LogP contribution is 2.29. The van der Waals surface area contributed by atoms with Crippen LogP contribution in [0.4, 0.5) is 0 Å². The van der Waals surface area contributed by atoms with E-state index in [1.807, 2.05) is 0 Å². The Morgan fingerprint density at radius 3 is 2.70 bits per heavy atom. The molecule has 23 heavy (non-hydrogen) atoms. The molecule has 1 aromatic rings. The Bertz CT molecular complexity index is 670. The van der Waals surface area contributed by atoms with Crippen molar-refractivity contribution in [2.45, 2.75) is 45.6 Å². The average Bonchev–Trinajstić information content (AvgIpc) is 2.97. The van der Waals surface area contributed by atoms with Crippen LogP contribution in [0.15, 0.2) is 18.2 Å². The molecule has 1 atom stereocenters. The fraction of sp³-hybridized carbons (Fsp3) is 0.667. The topological polar surface area (TPSA) is 46.6 Å². The molecule has 4 nitrogen and oxygen atoms in total. The summed E-state index contributed by atoms with van der Waals surface area (Å²) in [5.41, 5.74) is 3.79. The second-order valence-electron chi connectivity index (χ2n) is 7.83. The van der Waals surface area contributed by atoms with Gasteiger partial charge in [-0.3, -0.25) is 0 Å². The minimum atomic E-state index is -3.20. The summed E-state index contributed by atoms with van der Waals surface area (Å²) in [6.07, 6.45) is 1.66. The molecule has 0 amide bonds. The van der Waals surface area contributed by atoms with Crippen LogP contribution < -0.4 is 0 Å². The van der Waals surface area contributed by atoms with Crippen molar-refractivity contribution in [1.29, 1.82) is 0 Å². The Labute approximate surface area is 139 Å². The van der Waals surface area contributed by atoms with Crippen molar-refractivity contribution >= 4 is 10.0 Å². The summed E-state index contributed by atoms with van der Waals surface area (Å²) >= 11 is 0.